The molecule has 0 saturated heterocycles. The minimum absolute atomic E-state index is 0.0623. The van der Waals surface area contributed by atoms with Crippen LogP contribution in [0.25, 0.3) is 34.0 Å². The molecule has 0 aliphatic carbocycles. The molecule has 174 valence electrons. The van der Waals surface area contributed by atoms with Crippen molar-refractivity contribution in [2.45, 2.75) is 4.90 Å². The van der Waals surface area contributed by atoms with E-state index in [4.69, 9.17) is 26.9 Å². The molecule has 34 heavy (non-hydrogen) atoms. The van der Waals surface area contributed by atoms with Gasteiger partial charge in [-0.2, -0.15) is 5.06 Å². The number of rotatable bonds is 5. The third-order valence-corrected chi connectivity index (χ3v) is 6.08. The lowest BCUT2D eigenvalue weighted by atomic mass is 10.1. The Hall–Kier alpha value is -3.77. The lowest BCUT2D eigenvalue weighted by Gasteiger charge is -2.11. The Morgan fingerprint density at radius 3 is 2.32 bits per heavy atom. The molecule has 9 nitrogen and oxygen atoms in total. The standard InChI is InChI=1S/C22H16ClFN4O5S/c23-16-11-13(7-10-17(16)24)19-20(15-3-1-2-4-18(15)34(26,31)32)33-21(27-19)12-5-8-14(9-6-12)28(30)22(25)29/h1-11,30H,(H2,25,29)(H2,26,31,32). The van der Waals surface area contributed by atoms with Crippen LogP contribution in [0.1, 0.15) is 0 Å². The third-order valence-electron chi connectivity index (χ3n) is 4.83. The van der Waals surface area contributed by atoms with E-state index in [9.17, 15) is 22.8 Å². The lowest BCUT2D eigenvalue weighted by Crippen LogP contribution is -2.32. The number of aromatic nitrogens is 1. The van der Waals surface area contributed by atoms with Crippen molar-refractivity contribution in [3.05, 3.63) is 77.6 Å². The highest BCUT2D eigenvalue weighted by molar-refractivity contribution is 7.89. The summed E-state index contributed by atoms with van der Waals surface area (Å²) in [5, 5.41) is 15.2. The van der Waals surface area contributed by atoms with Crippen molar-refractivity contribution in [2.75, 3.05) is 5.06 Å². The van der Waals surface area contributed by atoms with Crippen LogP contribution in [0, 0.1) is 5.82 Å². The number of urea groups is 1. The van der Waals surface area contributed by atoms with E-state index in [1.807, 2.05) is 0 Å². The van der Waals surface area contributed by atoms with Gasteiger partial charge < -0.3 is 10.2 Å². The molecule has 0 aliphatic heterocycles. The summed E-state index contributed by atoms with van der Waals surface area (Å²) in [6.45, 7) is 0. The molecular weight excluding hydrogens is 487 g/mol. The van der Waals surface area contributed by atoms with E-state index in [-0.39, 0.29) is 43.6 Å². The van der Waals surface area contributed by atoms with Crippen LogP contribution in [0.3, 0.4) is 0 Å². The van der Waals surface area contributed by atoms with Gasteiger partial charge in [-0.3, -0.25) is 5.21 Å². The van der Waals surface area contributed by atoms with Crippen molar-refractivity contribution < 1.29 is 27.2 Å². The molecule has 0 saturated carbocycles. The van der Waals surface area contributed by atoms with Gasteiger partial charge in [-0.15, -0.1) is 0 Å². The number of anilines is 1. The van der Waals surface area contributed by atoms with Crippen LogP contribution in [0.4, 0.5) is 14.9 Å². The maximum atomic E-state index is 13.8. The van der Waals surface area contributed by atoms with Gasteiger partial charge in [0.15, 0.2) is 5.76 Å². The molecule has 0 aliphatic rings. The molecule has 3 aromatic carbocycles. The van der Waals surface area contributed by atoms with E-state index in [2.05, 4.69) is 4.98 Å². The third kappa shape index (κ3) is 4.50. The van der Waals surface area contributed by atoms with Crippen molar-refractivity contribution in [1.82, 2.24) is 4.98 Å². The van der Waals surface area contributed by atoms with Crippen LogP contribution in [0.2, 0.25) is 5.02 Å². The van der Waals surface area contributed by atoms with Gasteiger partial charge in [-0.05, 0) is 54.6 Å². The average molecular weight is 503 g/mol. The molecule has 0 spiro atoms. The number of benzene rings is 3. The number of nitrogens with zero attached hydrogens (tertiary/aromatic N) is 2. The van der Waals surface area contributed by atoms with E-state index in [1.54, 1.807) is 6.07 Å². The highest BCUT2D eigenvalue weighted by atomic mass is 35.5. The second-order valence-corrected chi connectivity index (χ2v) is 9.00. The fraction of sp³-hybridized carbons (Fsp3) is 0. The highest BCUT2D eigenvalue weighted by Crippen LogP contribution is 2.39. The fourth-order valence-corrected chi connectivity index (χ4v) is 4.16. The van der Waals surface area contributed by atoms with E-state index in [1.165, 1.54) is 54.6 Å². The highest BCUT2D eigenvalue weighted by Gasteiger charge is 2.24. The number of oxazole rings is 1. The molecule has 2 amide bonds. The number of hydrogen-bond donors (Lipinski definition) is 3. The summed E-state index contributed by atoms with van der Waals surface area (Å²) >= 11 is 5.95. The maximum absolute atomic E-state index is 13.8. The molecule has 4 aromatic rings. The molecule has 1 heterocycles. The number of amides is 2. The molecule has 0 unspecified atom stereocenters. The van der Waals surface area contributed by atoms with Crippen LogP contribution >= 0.6 is 11.6 Å². The van der Waals surface area contributed by atoms with Gasteiger partial charge >= 0.3 is 6.03 Å². The summed E-state index contributed by atoms with van der Waals surface area (Å²) in [5.41, 5.74) is 6.29. The summed E-state index contributed by atoms with van der Waals surface area (Å²) in [5.74, 6) is -0.503. The Morgan fingerprint density at radius 2 is 1.71 bits per heavy atom. The Morgan fingerprint density at radius 1 is 1.06 bits per heavy atom. The predicted molar refractivity (Wildman–Crippen MR) is 123 cm³/mol. The largest absolute Gasteiger partial charge is 0.435 e. The lowest BCUT2D eigenvalue weighted by molar-refractivity contribution is 0.212. The Kier molecular flexibility index (Phi) is 6.11. The summed E-state index contributed by atoms with van der Waals surface area (Å²) in [6.07, 6.45) is 0. The first-order valence-electron chi connectivity index (χ1n) is 9.53. The van der Waals surface area contributed by atoms with Gasteiger partial charge in [-0.1, -0.05) is 23.7 Å². The minimum atomic E-state index is -4.13. The molecule has 0 fully saturated rings. The Bertz CT molecular complexity index is 1510. The van der Waals surface area contributed by atoms with Gasteiger partial charge in [0, 0.05) is 16.7 Å². The van der Waals surface area contributed by atoms with Crippen molar-refractivity contribution in [3.8, 4) is 34.0 Å². The number of sulfonamides is 1. The first-order chi connectivity index (χ1) is 16.1. The first kappa shape index (κ1) is 23.4. The van der Waals surface area contributed by atoms with Crippen LogP contribution < -0.4 is 15.9 Å². The maximum Gasteiger partial charge on any atom is 0.343 e. The zero-order valence-electron chi connectivity index (χ0n) is 17.1. The predicted octanol–water partition coefficient (Wildman–Crippen LogP) is 4.39. The monoisotopic (exact) mass is 502 g/mol. The normalized spacial score (nSPS) is 11.4. The van der Waals surface area contributed by atoms with Crippen molar-refractivity contribution in [2.24, 2.45) is 10.9 Å². The van der Waals surface area contributed by atoms with Crippen LogP contribution in [0.15, 0.2) is 76.0 Å². The zero-order chi connectivity index (χ0) is 24.6. The molecule has 0 atom stereocenters. The Labute approximate surface area is 198 Å². The van der Waals surface area contributed by atoms with Crippen molar-refractivity contribution >= 4 is 33.3 Å². The second kappa shape index (κ2) is 8.88. The topological polar surface area (TPSA) is 153 Å². The number of hydrogen-bond acceptors (Lipinski definition) is 6. The summed E-state index contributed by atoms with van der Waals surface area (Å²) in [7, 11) is -4.13. The van der Waals surface area contributed by atoms with E-state index in [0.29, 0.717) is 11.1 Å². The second-order valence-electron chi connectivity index (χ2n) is 7.06. The molecular formula is C22H16ClFN4O5S. The van der Waals surface area contributed by atoms with Crippen molar-refractivity contribution in [3.63, 3.8) is 0 Å². The Balaban J connectivity index is 1.92. The van der Waals surface area contributed by atoms with Crippen LogP contribution in [-0.2, 0) is 10.0 Å². The van der Waals surface area contributed by atoms with E-state index >= 15 is 0 Å². The zero-order valence-corrected chi connectivity index (χ0v) is 18.7. The molecule has 0 radical (unpaired) electrons. The molecule has 0 bridgehead atoms. The van der Waals surface area contributed by atoms with Gasteiger partial charge in [-0.25, -0.2) is 27.7 Å². The number of carbonyl (C=O) groups is 1. The number of primary amides is 1. The summed E-state index contributed by atoms with van der Waals surface area (Å²) in [6, 6.07) is 14.6. The smallest absolute Gasteiger partial charge is 0.343 e. The number of hydroxylamine groups is 1. The average Bonchev–Trinajstić information content (AvgIpc) is 3.25. The quantitative estimate of drug-likeness (QED) is 0.272. The SMILES string of the molecule is NC(=O)N(O)c1ccc(-c2nc(-c3ccc(F)c(Cl)c3)c(-c3ccccc3S(N)(=O)=O)o2)cc1. The van der Waals surface area contributed by atoms with E-state index < -0.39 is 21.9 Å². The molecule has 1 aromatic heterocycles. The number of primary sulfonamides is 1. The van der Waals surface area contributed by atoms with Gasteiger partial charge in [0.2, 0.25) is 15.9 Å². The summed E-state index contributed by atoms with van der Waals surface area (Å²) in [4.78, 5) is 15.4. The van der Waals surface area contributed by atoms with Crippen molar-refractivity contribution in [1.29, 1.82) is 0 Å². The molecule has 4 rings (SSSR count). The number of nitrogens with two attached hydrogens (primary N) is 2. The van der Waals surface area contributed by atoms with Gasteiger partial charge in [0.25, 0.3) is 0 Å². The number of halogens is 2. The minimum Gasteiger partial charge on any atom is -0.435 e. The van der Waals surface area contributed by atoms with Crippen LogP contribution in [0.5, 0.6) is 0 Å². The van der Waals surface area contributed by atoms with E-state index in [0.717, 1.165) is 6.07 Å². The first-order valence-corrected chi connectivity index (χ1v) is 11.5. The van der Waals surface area contributed by atoms with Crippen LogP contribution in [-0.4, -0.2) is 24.6 Å². The molecule has 12 heteroatoms. The van der Waals surface area contributed by atoms with Gasteiger partial charge in [0.05, 0.1) is 15.6 Å². The number of carbonyl (C=O) groups excluding carboxylic acids is 1. The van der Waals surface area contributed by atoms with Gasteiger partial charge in [0.1, 0.15) is 11.5 Å². The fourth-order valence-electron chi connectivity index (χ4n) is 3.24. The molecule has 5 N–H and O–H groups in total. The summed E-state index contributed by atoms with van der Waals surface area (Å²) < 4.78 is 44.1.